The van der Waals surface area contributed by atoms with Crippen molar-refractivity contribution in [1.82, 2.24) is 9.97 Å². The SMILES string of the molecule is Cc1cc2c(Nc3ccc(N4CCCC4)cc3)ncnc2s1. The van der Waals surface area contributed by atoms with Gasteiger partial charge in [-0.25, -0.2) is 9.97 Å². The van der Waals surface area contributed by atoms with Gasteiger partial charge in [0.05, 0.1) is 5.39 Å². The van der Waals surface area contributed by atoms with E-state index in [0.717, 1.165) is 21.7 Å². The topological polar surface area (TPSA) is 41.0 Å². The third kappa shape index (κ3) is 2.52. The number of nitrogens with zero attached hydrogens (tertiary/aromatic N) is 3. The minimum Gasteiger partial charge on any atom is -0.372 e. The summed E-state index contributed by atoms with van der Waals surface area (Å²) in [5.74, 6) is 0.878. The number of thiophene rings is 1. The van der Waals surface area contributed by atoms with Crippen molar-refractivity contribution in [3.63, 3.8) is 0 Å². The van der Waals surface area contributed by atoms with Crippen molar-refractivity contribution >= 4 is 38.7 Å². The van der Waals surface area contributed by atoms with Gasteiger partial charge in [0, 0.05) is 29.3 Å². The Labute approximate surface area is 133 Å². The van der Waals surface area contributed by atoms with E-state index in [-0.39, 0.29) is 0 Å². The van der Waals surface area contributed by atoms with E-state index in [9.17, 15) is 0 Å². The van der Waals surface area contributed by atoms with Crippen LogP contribution in [0.1, 0.15) is 17.7 Å². The molecule has 22 heavy (non-hydrogen) atoms. The number of fused-ring (bicyclic) bond motifs is 1. The molecule has 0 unspecified atom stereocenters. The van der Waals surface area contributed by atoms with Crippen LogP contribution in [0.2, 0.25) is 0 Å². The van der Waals surface area contributed by atoms with Crippen LogP contribution in [-0.4, -0.2) is 23.1 Å². The molecule has 1 fully saturated rings. The minimum absolute atomic E-state index is 0.878. The van der Waals surface area contributed by atoms with Gasteiger partial charge < -0.3 is 10.2 Å². The first-order valence-corrected chi connectivity index (χ1v) is 8.44. The van der Waals surface area contributed by atoms with Crippen molar-refractivity contribution in [2.75, 3.05) is 23.3 Å². The van der Waals surface area contributed by atoms with Gasteiger partial charge in [-0.2, -0.15) is 0 Å². The number of aromatic nitrogens is 2. The second-order valence-corrected chi connectivity index (χ2v) is 6.90. The summed E-state index contributed by atoms with van der Waals surface area (Å²) in [6.45, 7) is 4.45. The van der Waals surface area contributed by atoms with Crippen LogP contribution < -0.4 is 10.2 Å². The highest BCUT2D eigenvalue weighted by atomic mass is 32.1. The Morgan fingerprint density at radius 2 is 1.86 bits per heavy atom. The fourth-order valence-electron chi connectivity index (χ4n) is 2.94. The average Bonchev–Trinajstić information content (AvgIpc) is 3.17. The average molecular weight is 310 g/mol. The second-order valence-electron chi connectivity index (χ2n) is 5.66. The highest BCUT2D eigenvalue weighted by molar-refractivity contribution is 7.18. The number of nitrogens with one attached hydrogen (secondary N) is 1. The summed E-state index contributed by atoms with van der Waals surface area (Å²) in [4.78, 5) is 13.4. The molecule has 0 radical (unpaired) electrons. The molecule has 1 aliphatic heterocycles. The van der Waals surface area contributed by atoms with Crippen molar-refractivity contribution in [3.05, 3.63) is 41.5 Å². The molecular weight excluding hydrogens is 292 g/mol. The lowest BCUT2D eigenvalue weighted by molar-refractivity contribution is 0.949. The van der Waals surface area contributed by atoms with Crippen LogP contribution in [-0.2, 0) is 0 Å². The summed E-state index contributed by atoms with van der Waals surface area (Å²) >= 11 is 1.70. The highest BCUT2D eigenvalue weighted by Gasteiger charge is 2.12. The molecule has 112 valence electrons. The highest BCUT2D eigenvalue weighted by Crippen LogP contribution is 2.30. The summed E-state index contributed by atoms with van der Waals surface area (Å²) in [6.07, 6.45) is 4.23. The smallest absolute Gasteiger partial charge is 0.142 e. The molecule has 4 nitrogen and oxygen atoms in total. The van der Waals surface area contributed by atoms with Crippen LogP contribution in [0, 0.1) is 6.92 Å². The minimum atomic E-state index is 0.878. The molecule has 3 aromatic rings. The quantitative estimate of drug-likeness (QED) is 0.781. The van der Waals surface area contributed by atoms with Gasteiger partial charge in [-0.05, 0) is 50.1 Å². The van der Waals surface area contributed by atoms with E-state index in [1.165, 1.54) is 36.5 Å². The first-order chi connectivity index (χ1) is 10.8. The fourth-order valence-corrected chi connectivity index (χ4v) is 3.79. The summed E-state index contributed by atoms with van der Waals surface area (Å²) in [5.41, 5.74) is 2.37. The Balaban J connectivity index is 1.59. The van der Waals surface area contributed by atoms with Gasteiger partial charge in [0.1, 0.15) is 17.0 Å². The van der Waals surface area contributed by atoms with Gasteiger partial charge in [0.15, 0.2) is 0 Å². The maximum absolute atomic E-state index is 4.39. The van der Waals surface area contributed by atoms with Crippen molar-refractivity contribution in [3.8, 4) is 0 Å². The molecule has 1 saturated heterocycles. The predicted octanol–water partition coefficient (Wildman–Crippen LogP) is 4.34. The lowest BCUT2D eigenvalue weighted by Gasteiger charge is -2.18. The molecular formula is C17H18N4S. The maximum atomic E-state index is 4.39. The zero-order valence-electron chi connectivity index (χ0n) is 12.5. The number of hydrogen-bond donors (Lipinski definition) is 1. The Morgan fingerprint density at radius 3 is 2.64 bits per heavy atom. The largest absolute Gasteiger partial charge is 0.372 e. The van der Waals surface area contributed by atoms with Gasteiger partial charge in [-0.15, -0.1) is 11.3 Å². The summed E-state index contributed by atoms with van der Waals surface area (Å²) in [7, 11) is 0. The number of hydrogen-bond acceptors (Lipinski definition) is 5. The predicted molar refractivity (Wildman–Crippen MR) is 93.3 cm³/mol. The Hall–Kier alpha value is -2.14. The van der Waals surface area contributed by atoms with Gasteiger partial charge in [0.25, 0.3) is 0 Å². The van der Waals surface area contributed by atoms with E-state index in [4.69, 9.17) is 0 Å². The number of rotatable bonds is 3. The zero-order chi connectivity index (χ0) is 14.9. The zero-order valence-corrected chi connectivity index (χ0v) is 13.4. The van der Waals surface area contributed by atoms with Crippen LogP contribution in [0.15, 0.2) is 36.7 Å². The molecule has 1 N–H and O–H groups in total. The monoisotopic (exact) mass is 310 g/mol. The maximum Gasteiger partial charge on any atom is 0.142 e. The third-order valence-electron chi connectivity index (χ3n) is 4.05. The van der Waals surface area contributed by atoms with Gasteiger partial charge in [-0.3, -0.25) is 0 Å². The summed E-state index contributed by atoms with van der Waals surface area (Å²) in [6, 6.07) is 10.8. The van der Waals surface area contributed by atoms with Crippen molar-refractivity contribution in [2.24, 2.45) is 0 Å². The van der Waals surface area contributed by atoms with E-state index >= 15 is 0 Å². The summed E-state index contributed by atoms with van der Waals surface area (Å²) < 4.78 is 0. The molecule has 0 amide bonds. The van der Waals surface area contributed by atoms with Crippen LogP contribution in [0.25, 0.3) is 10.2 Å². The first-order valence-electron chi connectivity index (χ1n) is 7.63. The number of benzene rings is 1. The van der Waals surface area contributed by atoms with Crippen LogP contribution in [0.5, 0.6) is 0 Å². The molecule has 0 bridgehead atoms. The molecule has 1 aromatic carbocycles. The molecule has 1 aliphatic rings. The Kier molecular flexibility index (Phi) is 3.42. The Morgan fingerprint density at radius 1 is 1.09 bits per heavy atom. The Bertz CT molecular complexity index is 788. The molecule has 0 atom stereocenters. The van der Waals surface area contributed by atoms with E-state index in [1.54, 1.807) is 17.7 Å². The molecule has 0 saturated carbocycles. The molecule has 5 heteroatoms. The molecule has 0 spiro atoms. The standard InChI is InChI=1S/C17H18N4S/c1-12-10-15-16(18-11-19-17(15)22-12)20-13-4-6-14(7-5-13)21-8-2-3-9-21/h4-7,10-11H,2-3,8-9H2,1H3,(H,18,19,20). The summed E-state index contributed by atoms with van der Waals surface area (Å²) in [5, 5.41) is 4.51. The molecule has 4 rings (SSSR count). The van der Waals surface area contributed by atoms with Crippen molar-refractivity contribution in [2.45, 2.75) is 19.8 Å². The van der Waals surface area contributed by atoms with E-state index in [1.807, 2.05) is 0 Å². The van der Waals surface area contributed by atoms with Gasteiger partial charge in [-0.1, -0.05) is 0 Å². The van der Waals surface area contributed by atoms with Crippen LogP contribution in [0.3, 0.4) is 0 Å². The second kappa shape index (κ2) is 5.57. The van der Waals surface area contributed by atoms with E-state index < -0.39 is 0 Å². The lowest BCUT2D eigenvalue weighted by Crippen LogP contribution is -2.17. The van der Waals surface area contributed by atoms with E-state index in [2.05, 4.69) is 57.4 Å². The van der Waals surface area contributed by atoms with Crippen LogP contribution >= 0.6 is 11.3 Å². The van der Waals surface area contributed by atoms with Gasteiger partial charge in [0.2, 0.25) is 0 Å². The normalized spacial score (nSPS) is 14.7. The van der Waals surface area contributed by atoms with Crippen molar-refractivity contribution in [1.29, 1.82) is 0 Å². The van der Waals surface area contributed by atoms with E-state index in [0.29, 0.717) is 0 Å². The van der Waals surface area contributed by atoms with Gasteiger partial charge >= 0.3 is 0 Å². The molecule has 0 aliphatic carbocycles. The third-order valence-corrected chi connectivity index (χ3v) is 5.01. The molecule has 2 aromatic heterocycles. The number of anilines is 3. The molecule has 3 heterocycles. The fraction of sp³-hybridized carbons (Fsp3) is 0.294. The van der Waals surface area contributed by atoms with Crippen LogP contribution in [0.4, 0.5) is 17.2 Å². The number of aryl methyl sites for hydroxylation is 1. The first kappa shape index (κ1) is 13.5. The van der Waals surface area contributed by atoms with Crippen molar-refractivity contribution < 1.29 is 0 Å². The lowest BCUT2D eigenvalue weighted by atomic mass is 10.2.